The maximum atomic E-state index is 12.0. The van der Waals surface area contributed by atoms with Crippen LogP contribution in [-0.2, 0) is 176 Å². The van der Waals surface area contributed by atoms with Crippen LogP contribution in [0, 0.1) is 71.0 Å². The predicted molar refractivity (Wildman–Crippen MR) is 432 cm³/mol. The Morgan fingerprint density at radius 1 is 0.375 bits per heavy atom. The molecule has 0 aromatic heterocycles. The van der Waals surface area contributed by atoms with Crippen molar-refractivity contribution in [2.45, 2.75) is 254 Å². The third-order valence-corrected chi connectivity index (χ3v) is 26.5. The number of carbonyl (C=O) groups is 15. The van der Waals surface area contributed by atoms with E-state index in [9.17, 15) is 71.9 Å². The van der Waals surface area contributed by atoms with Crippen LogP contribution < -0.4 is 0 Å². The fourth-order valence-electron chi connectivity index (χ4n) is 20.6. The van der Waals surface area contributed by atoms with Crippen LogP contribution in [0.2, 0.25) is 0 Å². The molecule has 14 bridgehead atoms. The monoisotopic (exact) mass is 1800 g/mol. The molecule has 0 radical (unpaired) electrons. The first-order valence-corrected chi connectivity index (χ1v) is 43.6. The van der Waals surface area contributed by atoms with E-state index in [1.165, 1.54) is 34.0 Å². The highest BCUT2D eigenvalue weighted by Gasteiger charge is 2.72. The third kappa shape index (κ3) is 22.2. The summed E-state index contributed by atoms with van der Waals surface area (Å²) in [5.74, 6) is -8.69. The van der Waals surface area contributed by atoms with E-state index in [0.717, 1.165) is 63.9 Å². The summed E-state index contributed by atoms with van der Waals surface area (Å²) in [6.07, 6.45) is 12.7. The highest BCUT2D eigenvalue weighted by Crippen LogP contribution is 2.62. The lowest BCUT2D eigenvalue weighted by Gasteiger charge is -2.29. The van der Waals surface area contributed by atoms with Gasteiger partial charge in [0.05, 0.1) is 138 Å². The number of rotatable bonds is 30. The Hall–Kier alpha value is -10.0. The Labute approximate surface area is 740 Å². The van der Waals surface area contributed by atoms with Gasteiger partial charge >= 0.3 is 89.5 Å². The summed E-state index contributed by atoms with van der Waals surface area (Å²) in [7, 11) is 2.58. The molecule has 18 rings (SSSR count). The van der Waals surface area contributed by atoms with Crippen molar-refractivity contribution >= 4 is 89.5 Å². The number of ether oxygens (including phenoxy) is 22. The van der Waals surface area contributed by atoms with Gasteiger partial charge in [-0.05, 0) is 130 Å². The topological polar surface area (TPSA) is 459 Å². The van der Waals surface area contributed by atoms with E-state index >= 15 is 0 Å². The molecule has 14 aliphatic heterocycles. The van der Waals surface area contributed by atoms with Gasteiger partial charge in [-0.25, -0.2) is 38.4 Å². The van der Waals surface area contributed by atoms with Crippen molar-refractivity contribution in [2.24, 2.45) is 71.0 Å². The van der Waals surface area contributed by atoms with Crippen LogP contribution in [0.25, 0.3) is 0 Å². The minimum atomic E-state index is -0.759. The van der Waals surface area contributed by atoms with E-state index in [4.69, 9.17) is 104 Å². The van der Waals surface area contributed by atoms with Crippen LogP contribution in [0.5, 0.6) is 0 Å². The van der Waals surface area contributed by atoms with Crippen molar-refractivity contribution in [1.29, 1.82) is 0 Å². The predicted octanol–water partition coefficient (Wildman–Crippen LogP) is 5.57. The zero-order chi connectivity index (χ0) is 92.5. The minimum absolute atomic E-state index is 0.0261. The molecule has 14 heterocycles. The summed E-state index contributed by atoms with van der Waals surface area (Å²) in [6.45, 7) is 35.0. The molecule has 0 aromatic rings. The molecule has 128 heavy (non-hydrogen) atoms. The first kappa shape index (κ1) is 97.0. The van der Waals surface area contributed by atoms with Gasteiger partial charge in [-0.15, -0.1) is 0 Å². The van der Waals surface area contributed by atoms with Gasteiger partial charge in [0.2, 0.25) is 0 Å². The van der Waals surface area contributed by atoms with Gasteiger partial charge in [0.25, 0.3) is 0 Å². The van der Waals surface area contributed by atoms with Crippen LogP contribution in [0.1, 0.15) is 138 Å². The molecule has 14 saturated heterocycles. The second kappa shape index (κ2) is 42.7. The SMILES string of the molecule is C=C(C)C(=O)OCC(=O)OC1C2CC3C1OC(=O)C3C2C(=O)OC.C=C(C)C(=O)OCC1C2CC3C1OC(=O)C3C2C(=O)OC.C=C(C)C(=O)OCCC(=O)OC1CC2CCC1O2.C=C(C)C(=O)OCCC1CC2CCC1O2.C=C(C)C(=O)OCCOC1C2CC3C(=O)OC1C3O2.C=C(C)C(=O)OCCOC1CC2CCC1O2.C=CC(=O)OC1C2CC3C(=O)OC1C3O2. The van der Waals surface area contributed by atoms with Crippen LogP contribution >= 0.6 is 0 Å². The van der Waals surface area contributed by atoms with Crippen LogP contribution in [0.3, 0.4) is 0 Å². The molecular formula is C91H116O37. The van der Waals surface area contributed by atoms with E-state index in [1.807, 2.05) is 0 Å². The van der Waals surface area contributed by atoms with Gasteiger partial charge in [-0.3, -0.25) is 33.6 Å². The Bertz CT molecular complexity index is 4330. The average Bonchev–Trinajstić information content (AvgIpc) is 1.55. The standard InChI is InChI=1S/C16H18O8.C15H18O6.C13H16O6.C13H18O5.C12H18O4.C12H18O3.C10H10O5/c1-6(2)14(18)22-5-9(17)23-12-7-4-8-11(10(7)15(19)21-3)16(20)24-13(8)12;1-6(2)13(16)20-5-9-7-4-8-11(10(7)14(17)19-3)15(18)21-12(8)9;1-6(2)12(14)17-4-3-16-10-8-5-7-9(18-8)11(10)19-13(7)15;1-8(2)13(15)16-6-5-12(14)18-11-7-9-3-4-10(11)17-9;1-8(2)12(13)15-6-5-14-11-7-9-3-4-10(11)16-9;1-8(2)12(13)14-6-5-9-7-10-3-4-11(9)15-10;1-2-6(11)14-8-5-3-4-7(13-5)9(8)15-10(4)12/h7-8,10-13H,1,4-5H2,2-3H3;7-12H,1,4-5H2,2-3H3;7-11H,1,3-5H2,2H3;9-11H,1,3-7H2,2H3;9-11H,1,3-7H2,2H3;9-11H,1,3-7H2,2H3;2,4-5,7-9H,1,3H2. The lowest BCUT2D eigenvalue weighted by molar-refractivity contribution is -0.171. The van der Waals surface area contributed by atoms with E-state index in [-0.39, 0.29) is 201 Å². The van der Waals surface area contributed by atoms with Crippen molar-refractivity contribution in [3.05, 3.63) is 85.6 Å². The molecule has 37 nitrogen and oxygen atoms in total. The summed E-state index contributed by atoms with van der Waals surface area (Å²) in [5.41, 5.74) is 2.06. The van der Waals surface area contributed by atoms with Crippen molar-refractivity contribution in [3.63, 3.8) is 0 Å². The summed E-state index contributed by atoms with van der Waals surface area (Å²) < 4.78 is 116. The molecule has 37 heteroatoms. The molecule has 4 aliphatic carbocycles. The van der Waals surface area contributed by atoms with Gasteiger partial charge < -0.3 is 104 Å². The normalized spacial score (nSPS) is 36.0. The van der Waals surface area contributed by atoms with Crippen LogP contribution in [-0.4, -0.2) is 273 Å². The van der Waals surface area contributed by atoms with Gasteiger partial charge in [-0.2, -0.15) is 0 Å². The Kier molecular flexibility index (Phi) is 32.3. The molecule has 0 amide bonds. The molecule has 0 aromatic carbocycles. The molecule has 702 valence electrons. The summed E-state index contributed by atoms with van der Waals surface area (Å²) in [6, 6.07) is 0. The lowest BCUT2D eigenvalue weighted by Crippen LogP contribution is -2.44. The van der Waals surface area contributed by atoms with Gasteiger partial charge in [-0.1, -0.05) is 46.1 Å². The van der Waals surface area contributed by atoms with Crippen molar-refractivity contribution < 1.29 is 176 Å². The van der Waals surface area contributed by atoms with Gasteiger partial charge in [0.1, 0.15) is 62.5 Å². The molecule has 0 N–H and O–H groups in total. The Morgan fingerprint density at radius 3 is 1.30 bits per heavy atom. The Balaban J connectivity index is 0.000000136. The number of carbonyl (C=O) groups excluding carboxylic acids is 15. The lowest BCUT2D eigenvalue weighted by atomic mass is 9.74. The van der Waals surface area contributed by atoms with Crippen molar-refractivity contribution in [1.82, 2.24) is 0 Å². The Morgan fingerprint density at radius 2 is 0.812 bits per heavy atom. The van der Waals surface area contributed by atoms with Crippen molar-refractivity contribution in [3.8, 4) is 0 Å². The quantitative estimate of drug-likeness (QED) is 0.0367. The van der Waals surface area contributed by atoms with Crippen LogP contribution in [0.15, 0.2) is 85.6 Å². The molecular weight excluding hydrogens is 1680 g/mol. The number of hydrogen-bond acceptors (Lipinski definition) is 37. The van der Waals surface area contributed by atoms with E-state index in [1.54, 1.807) is 34.6 Å². The average molecular weight is 1800 g/mol. The number of hydrogen-bond donors (Lipinski definition) is 0. The molecule has 31 atom stereocenters. The second-order valence-electron chi connectivity index (χ2n) is 35.4. The van der Waals surface area contributed by atoms with Gasteiger partial charge in [0, 0.05) is 76.0 Å². The largest absolute Gasteiger partial charge is 0.469 e. The maximum absolute atomic E-state index is 12.0. The minimum Gasteiger partial charge on any atom is -0.469 e. The fourth-order valence-corrected chi connectivity index (χ4v) is 20.6. The molecule has 31 unspecified atom stereocenters. The highest BCUT2D eigenvalue weighted by atomic mass is 16.7. The maximum Gasteiger partial charge on any atom is 0.344 e. The molecule has 18 aliphatic rings. The van der Waals surface area contributed by atoms with E-state index in [2.05, 4.69) is 46.1 Å². The first-order chi connectivity index (χ1) is 61.0. The van der Waals surface area contributed by atoms with E-state index in [0.29, 0.717) is 91.2 Å². The fraction of sp³-hybridized carbons (Fsp3) is 0.681. The summed E-state index contributed by atoms with van der Waals surface area (Å²) in [4.78, 5) is 173. The first-order valence-electron chi connectivity index (χ1n) is 43.6. The van der Waals surface area contributed by atoms with Gasteiger partial charge in [0.15, 0.2) is 24.9 Å². The summed E-state index contributed by atoms with van der Waals surface area (Å²) >= 11 is 0. The smallest absolute Gasteiger partial charge is 0.344 e. The van der Waals surface area contributed by atoms with E-state index < -0.39 is 96.5 Å². The summed E-state index contributed by atoms with van der Waals surface area (Å²) in [5, 5.41) is 0. The number of esters is 15. The third-order valence-electron chi connectivity index (χ3n) is 26.5. The second-order valence-corrected chi connectivity index (χ2v) is 35.4. The molecule has 0 spiro atoms. The zero-order valence-corrected chi connectivity index (χ0v) is 73.3. The zero-order valence-electron chi connectivity index (χ0n) is 73.3. The number of methoxy groups -OCH3 is 2. The molecule has 18 fully saturated rings. The molecule has 4 saturated carbocycles. The van der Waals surface area contributed by atoms with Crippen molar-refractivity contribution in [2.75, 3.05) is 67.1 Å². The van der Waals surface area contributed by atoms with Crippen LogP contribution in [0.4, 0.5) is 0 Å². The number of fused-ring (bicyclic) bond motifs is 10. The highest BCUT2D eigenvalue weighted by molar-refractivity contribution is 5.91.